The molecule has 4 rings (SSSR count). The van der Waals surface area contributed by atoms with Crippen LogP contribution in [0.5, 0.6) is 0 Å². The summed E-state index contributed by atoms with van der Waals surface area (Å²) in [5.41, 5.74) is 3.74. The van der Waals surface area contributed by atoms with E-state index in [-0.39, 0.29) is 11.8 Å². The third-order valence-electron chi connectivity index (χ3n) is 5.29. The Bertz CT molecular complexity index is 1080. The fraction of sp³-hybridized carbons (Fsp3) is 0.364. The van der Waals surface area contributed by atoms with Gasteiger partial charge in [0.25, 0.3) is 0 Å². The number of hydrogen-bond donors (Lipinski definition) is 1. The van der Waals surface area contributed by atoms with Crippen LogP contribution in [-0.4, -0.2) is 28.3 Å². The van der Waals surface area contributed by atoms with Crippen LogP contribution in [0.25, 0.3) is 10.2 Å². The number of fused-ring (bicyclic) bond motifs is 1. The number of rotatable bonds is 5. The number of hydrogen-bond acceptors (Lipinski definition) is 5. The summed E-state index contributed by atoms with van der Waals surface area (Å²) in [6.07, 6.45) is 1.49. The number of thiazole rings is 1. The first-order chi connectivity index (χ1) is 14.4. The quantitative estimate of drug-likeness (QED) is 0.511. The zero-order chi connectivity index (χ0) is 21.3. The molecule has 0 unspecified atom stereocenters. The van der Waals surface area contributed by atoms with Crippen LogP contribution < -0.4 is 5.32 Å². The number of carbonyl (C=O) groups excluding carboxylic acids is 1. The summed E-state index contributed by atoms with van der Waals surface area (Å²) < 4.78 is 30.0. The second-order valence-corrected chi connectivity index (χ2v) is 9.71. The molecule has 8 heteroatoms. The molecule has 0 bridgehead atoms. The molecule has 3 aromatic rings. The van der Waals surface area contributed by atoms with E-state index in [2.05, 4.69) is 27.6 Å². The monoisotopic (exact) mass is 447 g/mol. The van der Waals surface area contributed by atoms with Crippen molar-refractivity contribution in [1.82, 2.24) is 9.29 Å². The van der Waals surface area contributed by atoms with Gasteiger partial charge in [-0.3, -0.25) is 9.10 Å². The van der Waals surface area contributed by atoms with E-state index >= 15 is 0 Å². The van der Waals surface area contributed by atoms with Crippen LogP contribution in [0.15, 0.2) is 30.3 Å². The third-order valence-corrected chi connectivity index (χ3v) is 7.59. The van der Waals surface area contributed by atoms with E-state index in [0.717, 1.165) is 47.8 Å². The van der Waals surface area contributed by atoms with Gasteiger partial charge in [0.2, 0.25) is 5.91 Å². The number of aromatic nitrogens is 1. The van der Waals surface area contributed by atoms with Crippen LogP contribution in [0, 0.1) is 31.4 Å². The van der Waals surface area contributed by atoms with Gasteiger partial charge in [-0.15, -0.1) is 0 Å². The smallest absolute Gasteiger partial charge is 0.229 e. The first-order valence-corrected chi connectivity index (χ1v) is 11.7. The molecular formula is C22H23F2N3OS2. The molecule has 1 fully saturated rings. The highest BCUT2D eigenvalue weighted by Crippen LogP contribution is 2.31. The molecule has 158 valence electrons. The summed E-state index contributed by atoms with van der Waals surface area (Å²) in [4.78, 5) is 17.3. The maximum absolute atomic E-state index is 13.8. The average molecular weight is 448 g/mol. The van der Waals surface area contributed by atoms with E-state index in [9.17, 15) is 13.6 Å². The minimum absolute atomic E-state index is 0.0117. The van der Waals surface area contributed by atoms with Gasteiger partial charge < -0.3 is 5.32 Å². The van der Waals surface area contributed by atoms with Crippen LogP contribution in [0.1, 0.15) is 29.5 Å². The van der Waals surface area contributed by atoms with E-state index in [1.807, 2.05) is 13.0 Å². The van der Waals surface area contributed by atoms with Crippen LogP contribution in [0.2, 0.25) is 0 Å². The molecule has 1 saturated heterocycles. The van der Waals surface area contributed by atoms with E-state index in [4.69, 9.17) is 0 Å². The van der Waals surface area contributed by atoms with Crippen molar-refractivity contribution in [3.63, 3.8) is 0 Å². The zero-order valence-corrected chi connectivity index (χ0v) is 18.5. The summed E-state index contributed by atoms with van der Waals surface area (Å²) >= 11 is 3.04. The van der Waals surface area contributed by atoms with Crippen molar-refractivity contribution in [2.45, 2.75) is 32.4 Å². The van der Waals surface area contributed by atoms with Crippen molar-refractivity contribution in [1.29, 1.82) is 0 Å². The van der Waals surface area contributed by atoms with Crippen molar-refractivity contribution in [3.8, 4) is 0 Å². The predicted octanol–water partition coefficient (Wildman–Crippen LogP) is 5.69. The van der Waals surface area contributed by atoms with E-state index in [1.54, 1.807) is 0 Å². The number of aryl methyl sites for hydroxylation is 2. The maximum Gasteiger partial charge on any atom is 0.229 e. The lowest BCUT2D eigenvalue weighted by molar-refractivity contribution is -0.120. The largest absolute Gasteiger partial charge is 0.302 e. The van der Waals surface area contributed by atoms with Crippen molar-refractivity contribution in [3.05, 3.63) is 58.7 Å². The second-order valence-electron chi connectivity index (χ2n) is 7.65. The van der Waals surface area contributed by atoms with Crippen molar-refractivity contribution in [2.24, 2.45) is 5.92 Å². The molecule has 1 amide bonds. The van der Waals surface area contributed by atoms with Crippen LogP contribution in [0.4, 0.5) is 13.9 Å². The SMILES string of the molecule is Cc1cc(C)c2sc(NC(=O)C3CCN(SCc4ccc(F)cc4F)CC3)nc2c1. The predicted molar refractivity (Wildman–Crippen MR) is 120 cm³/mol. The first-order valence-electron chi connectivity index (χ1n) is 9.89. The fourth-order valence-corrected chi connectivity index (χ4v) is 5.63. The Morgan fingerprint density at radius 1 is 1.23 bits per heavy atom. The van der Waals surface area contributed by atoms with E-state index in [1.165, 1.54) is 41.0 Å². The Morgan fingerprint density at radius 2 is 2.00 bits per heavy atom. The Kier molecular flexibility index (Phi) is 6.36. The number of amides is 1. The summed E-state index contributed by atoms with van der Waals surface area (Å²) in [5, 5.41) is 3.64. The number of piperidine rings is 1. The van der Waals surface area contributed by atoms with Gasteiger partial charge in [0.15, 0.2) is 5.13 Å². The van der Waals surface area contributed by atoms with Crippen LogP contribution in [-0.2, 0) is 10.5 Å². The Hall–Kier alpha value is -2.03. The van der Waals surface area contributed by atoms with Gasteiger partial charge in [-0.1, -0.05) is 35.4 Å². The van der Waals surface area contributed by atoms with Crippen molar-refractivity contribution >= 4 is 44.5 Å². The fourth-order valence-electron chi connectivity index (χ4n) is 3.68. The molecule has 30 heavy (non-hydrogen) atoms. The highest BCUT2D eigenvalue weighted by atomic mass is 32.2. The van der Waals surface area contributed by atoms with E-state index in [0.29, 0.717) is 16.4 Å². The summed E-state index contributed by atoms with van der Waals surface area (Å²) in [6, 6.07) is 7.84. The molecule has 0 radical (unpaired) electrons. The third kappa shape index (κ3) is 4.82. The second kappa shape index (κ2) is 8.99. The molecular weight excluding hydrogens is 424 g/mol. The molecule has 2 aromatic carbocycles. The normalized spacial score (nSPS) is 15.6. The summed E-state index contributed by atoms with van der Waals surface area (Å²) in [7, 11) is 0. The number of anilines is 1. The number of nitrogens with zero attached hydrogens (tertiary/aromatic N) is 2. The molecule has 0 atom stereocenters. The highest BCUT2D eigenvalue weighted by Gasteiger charge is 2.26. The molecule has 1 N–H and O–H groups in total. The first kappa shape index (κ1) is 21.2. The molecule has 1 aromatic heterocycles. The number of benzene rings is 2. The van der Waals surface area contributed by atoms with Gasteiger partial charge in [-0.25, -0.2) is 13.8 Å². The number of halogens is 2. The van der Waals surface area contributed by atoms with Crippen molar-refractivity contribution < 1.29 is 13.6 Å². The molecule has 0 spiro atoms. The number of carbonyl (C=O) groups is 1. The number of nitrogens with one attached hydrogen (secondary N) is 1. The molecule has 1 aliphatic heterocycles. The Morgan fingerprint density at radius 3 is 2.73 bits per heavy atom. The van der Waals surface area contributed by atoms with E-state index < -0.39 is 11.6 Å². The maximum atomic E-state index is 13.8. The van der Waals surface area contributed by atoms with Gasteiger partial charge in [-0.2, -0.15) is 0 Å². The van der Waals surface area contributed by atoms with Gasteiger partial charge in [0.05, 0.1) is 10.2 Å². The van der Waals surface area contributed by atoms with Crippen LogP contribution >= 0.6 is 23.3 Å². The standard InChI is InChI=1S/C22H23F2N3OS2/c1-13-9-14(2)20-19(10-13)25-22(30-20)26-21(28)15-5-7-27(8-6-15)29-12-16-3-4-17(23)11-18(16)24/h3-4,9-11,15H,5-8,12H2,1-2H3,(H,25,26,28). The molecule has 4 nitrogen and oxygen atoms in total. The summed E-state index contributed by atoms with van der Waals surface area (Å²) in [6.45, 7) is 5.61. The van der Waals surface area contributed by atoms with Crippen molar-refractivity contribution in [2.75, 3.05) is 18.4 Å². The minimum atomic E-state index is -0.563. The average Bonchev–Trinajstić information content (AvgIpc) is 3.10. The lowest BCUT2D eigenvalue weighted by Gasteiger charge is -2.30. The Balaban J connectivity index is 1.29. The van der Waals surface area contributed by atoms with Gasteiger partial charge >= 0.3 is 0 Å². The Labute approximate surface area is 182 Å². The van der Waals surface area contributed by atoms with Gasteiger partial charge in [0, 0.05) is 30.8 Å². The zero-order valence-electron chi connectivity index (χ0n) is 16.9. The highest BCUT2D eigenvalue weighted by molar-refractivity contribution is 7.96. The lowest BCUT2D eigenvalue weighted by Crippen LogP contribution is -2.34. The molecule has 1 aliphatic rings. The molecule has 0 saturated carbocycles. The van der Waals surface area contributed by atoms with Crippen LogP contribution in [0.3, 0.4) is 0 Å². The lowest BCUT2D eigenvalue weighted by atomic mass is 9.97. The molecule has 0 aliphatic carbocycles. The topological polar surface area (TPSA) is 45.2 Å². The van der Waals surface area contributed by atoms with Gasteiger partial charge in [0.1, 0.15) is 11.6 Å². The minimum Gasteiger partial charge on any atom is -0.302 e. The van der Waals surface area contributed by atoms with Gasteiger partial charge in [-0.05, 0) is 55.5 Å². The summed E-state index contributed by atoms with van der Waals surface area (Å²) in [5.74, 6) is -0.672. The molecule has 2 heterocycles.